The number of fused-ring (bicyclic) bond motifs is 2. The molecule has 4 aromatic rings. The highest BCUT2D eigenvalue weighted by molar-refractivity contribution is 8.08. The van der Waals surface area contributed by atoms with Crippen molar-refractivity contribution >= 4 is 61.4 Å². The minimum Gasteiger partial charge on any atom is -0.497 e. The van der Waals surface area contributed by atoms with Gasteiger partial charge in [0.05, 0.1) is 18.9 Å². The zero-order valence-corrected chi connectivity index (χ0v) is 20.2. The Kier molecular flexibility index (Phi) is 5.16. The van der Waals surface area contributed by atoms with Gasteiger partial charge in [-0.25, -0.2) is 0 Å². The molecule has 0 spiro atoms. The van der Waals surface area contributed by atoms with Crippen molar-refractivity contribution in [3.8, 4) is 5.75 Å². The monoisotopic (exact) mass is 468 g/mol. The van der Waals surface area contributed by atoms with Crippen molar-refractivity contribution in [2.24, 2.45) is 7.05 Å². The molecule has 0 unspecified atom stereocenters. The third-order valence-electron chi connectivity index (χ3n) is 5.48. The standard InChI is InChI=1S/C23H22N3O2S3/c1-5-26-20(13-19-24(2)15-8-6-7-9-17(15)29-19)31-21(22(26)27)23-25(3)16-12-14(28-4)10-11-18(16)30-23/h6-13H,5H2,1-4H3/q+1. The summed E-state index contributed by atoms with van der Waals surface area (Å²) in [5.41, 5.74) is 2.33. The second-order valence-corrected chi connectivity index (χ2v) is 10.4. The largest absolute Gasteiger partial charge is 0.497 e. The molecule has 2 aromatic heterocycles. The molecule has 0 atom stereocenters. The molecular formula is C23H22N3O2S3+. The third-order valence-corrected chi connectivity index (χ3v) is 9.13. The topological polar surface area (TPSA) is 38.4 Å². The van der Waals surface area contributed by atoms with E-state index in [9.17, 15) is 4.79 Å². The van der Waals surface area contributed by atoms with E-state index in [1.807, 2.05) is 30.7 Å². The van der Waals surface area contributed by atoms with Gasteiger partial charge in [-0.05, 0) is 25.1 Å². The van der Waals surface area contributed by atoms with Gasteiger partial charge in [-0.2, -0.15) is 4.57 Å². The Labute approximate surface area is 192 Å². The van der Waals surface area contributed by atoms with Crippen LogP contribution in [0.2, 0.25) is 0 Å². The molecule has 5 rings (SSSR count). The van der Waals surface area contributed by atoms with Crippen LogP contribution in [0.3, 0.4) is 0 Å². The third kappa shape index (κ3) is 3.30. The summed E-state index contributed by atoms with van der Waals surface area (Å²) in [4.78, 5) is 16.6. The van der Waals surface area contributed by atoms with E-state index in [-0.39, 0.29) is 5.56 Å². The van der Waals surface area contributed by atoms with Gasteiger partial charge in [0.15, 0.2) is 0 Å². The van der Waals surface area contributed by atoms with Crippen molar-refractivity contribution in [1.29, 1.82) is 0 Å². The molecule has 0 radical (unpaired) electrons. The molecule has 31 heavy (non-hydrogen) atoms. The van der Waals surface area contributed by atoms with Gasteiger partial charge in [0.2, 0.25) is 5.52 Å². The number of hydrogen-bond acceptors (Lipinski definition) is 6. The number of ether oxygens (including phenoxy) is 1. The van der Waals surface area contributed by atoms with Crippen LogP contribution in [-0.2, 0) is 13.6 Å². The van der Waals surface area contributed by atoms with Gasteiger partial charge in [-0.1, -0.05) is 35.2 Å². The summed E-state index contributed by atoms with van der Waals surface area (Å²) in [6, 6.07) is 14.4. The smallest absolute Gasteiger partial charge is 0.271 e. The first kappa shape index (κ1) is 20.4. The molecule has 0 fully saturated rings. The average Bonchev–Trinajstić information content (AvgIpc) is 3.39. The Morgan fingerprint density at radius 1 is 1.16 bits per heavy atom. The van der Waals surface area contributed by atoms with Crippen molar-refractivity contribution in [2.45, 2.75) is 18.4 Å². The van der Waals surface area contributed by atoms with Gasteiger partial charge in [0.1, 0.15) is 31.7 Å². The molecule has 2 aromatic carbocycles. The number of benzene rings is 2. The van der Waals surface area contributed by atoms with Crippen LogP contribution < -0.4 is 29.0 Å². The van der Waals surface area contributed by atoms with Gasteiger partial charge in [-0.3, -0.25) is 9.36 Å². The van der Waals surface area contributed by atoms with Gasteiger partial charge in [-0.15, -0.1) is 11.3 Å². The van der Waals surface area contributed by atoms with Gasteiger partial charge in [0, 0.05) is 30.6 Å². The van der Waals surface area contributed by atoms with Crippen LogP contribution in [0.15, 0.2) is 52.2 Å². The van der Waals surface area contributed by atoms with Crippen LogP contribution in [-0.4, -0.2) is 18.7 Å². The molecule has 8 heteroatoms. The van der Waals surface area contributed by atoms with E-state index in [4.69, 9.17) is 4.74 Å². The minimum absolute atomic E-state index is 0.0663. The lowest BCUT2D eigenvalue weighted by molar-refractivity contribution is -0.642. The number of thiazole rings is 2. The van der Waals surface area contributed by atoms with Crippen LogP contribution in [0.4, 0.5) is 5.69 Å². The lowest BCUT2D eigenvalue weighted by Crippen LogP contribution is -2.34. The lowest BCUT2D eigenvalue weighted by Gasteiger charge is -2.13. The maximum Gasteiger partial charge on any atom is 0.271 e. The SMILES string of the molecule is CCn1c(=Cc2sc3ccccc3[n+]2C)sc(=C2Sc3ccc(OC)cc3N2C)c1=O. The van der Waals surface area contributed by atoms with E-state index in [0.29, 0.717) is 6.54 Å². The summed E-state index contributed by atoms with van der Waals surface area (Å²) in [5, 5.41) is 2.10. The molecule has 1 aliphatic heterocycles. The van der Waals surface area contributed by atoms with E-state index >= 15 is 0 Å². The molecular weight excluding hydrogens is 446 g/mol. The van der Waals surface area contributed by atoms with Gasteiger partial charge in [0.25, 0.3) is 10.6 Å². The number of hydrogen-bond donors (Lipinski definition) is 0. The Morgan fingerprint density at radius 2 is 1.97 bits per heavy atom. The quantitative estimate of drug-likeness (QED) is 0.433. The molecule has 3 heterocycles. The first-order chi connectivity index (χ1) is 15.0. The number of para-hydroxylation sites is 1. The van der Waals surface area contributed by atoms with Crippen molar-refractivity contribution in [3.05, 3.63) is 67.0 Å². The normalized spacial score (nSPS) is 15.7. The first-order valence-electron chi connectivity index (χ1n) is 9.94. The van der Waals surface area contributed by atoms with E-state index in [1.165, 1.54) is 10.2 Å². The number of methoxy groups -OCH3 is 1. The van der Waals surface area contributed by atoms with E-state index in [0.717, 1.165) is 35.6 Å². The van der Waals surface area contributed by atoms with Crippen LogP contribution in [0.5, 0.6) is 5.75 Å². The molecule has 0 bridgehead atoms. The van der Waals surface area contributed by atoms with E-state index < -0.39 is 0 Å². The second-order valence-electron chi connectivity index (χ2n) is 7.23. The maximum atomic E-state index is 13.3. The van der Waals surface area contributed by atoms with Crippen molar-refractivity contribution in [1.82, 2.24) is 4.57 Å². The minimum atomic E-state index is 0.0663. The van der Waals surface area contributed by atoms with Crippen LogP contribution >= 0.6 is 34.4 Å². The zero-order valence-electron chi connectivity index (χ0n) is 17.7. The Bertz CT molecular complexity index is 1500. The van der Waals surface area contributed by atoms with Crippen molar-refractivity contribution in [2.75, 3.05) is 19.1 Å². The Morgan fingerprint density at radius 3 is 2.71 bits per heavy atom. The summed E-state index contributed by atoms with van der Waals surface area (Å²) >= 11 is 4.95. The van der Waals surface area contributed by atoms with Crippen molar-refractivity contribution < 1.29 is 9.30 Å². The number of aromatic nitrogens is 2. The summed E-state index contributed by atoms with van der Waals surface area (Å²) in [6.45, 7) is 2.66. The number of aryl methyl sites for hydroxylation is 1. The molecule has 0 saturated heterocycles. The summed E-state index contributed by atoms with van der Waals surface area (Å²) < 4.78 is 12.4. The molecule has 1 aliphatic rings. The van der Waals surface area contributed by atoms with Gasteiger partial charge >= 0.3 is 0 Å². The predicted octanol–water partition coefficient (Wildman–Crippen LogP) is 3.11. The highest BCUT2D eigenvalue weighted by atomic mass is 32.2. The molecule has 0 N–H and O–H groups in total. The number of thioether (sulfide) groups is 1. The number of rotatable bonds is 3. The Balaban J connectivity index is 1.70. The van der Waals surface area contributed by atoms with Crippen LogP contribution in [0.1, 0.15) is 11.9 Å². The average molecular weight is 469 g/mol. The fourth-order valence-corrected chi connectivity index (χ4v) is 7.37. The second kappa shape index (κ2) is 7.85. The maximum absolute atomic E-state index is 13.3. The Hall–Kier alpha value is -2.55. The molecule has 0 saturated carbocycles. The summed E-state index contributed by atoms with van der Waals surface area (Å²) in [6.07, 6.45) is 2.14. The van der Waals surface area contributed by atoms with Crippen LogP contribution in [0.25, 0.3) is 21.3 Å². The predicted molar refractivity (Wildman–Crippen MR) is 131 cm³/mol. The fourth-order valence-electron chi connectivity index (χ4n) is 3.77. The highest BCUT2D eigenvalue weighted by Gasteiger charge is 2.25. The number of nitrogens with zero attached hydrogens (tertiary/aromatic N) is 3. The summed E-state index contributed by atoms with van der Waals surface area (Å²) in [5.74, 6) is 0.816. The molecule has 0 aliphatic carbocycles. The lowest BCUT2D eigenvalue weighted by atomic mass is 10.3. The van der Waals surface area contributed by atoms with E-state index in [2.05, 4.69) is 52.9 Å². The highest BCUT2D eigenvalue weighted by Crippen LogP contribution is 2.46. The van der Waals surface area contributed by atoms with Crippen molar-refractivity contribution in [3.63, 3.8) is 0 Å². The number of anilines is 1. The van der Waals surface area contributed by atoms with Gasteiger partial charge < -0.3 is 9.64 Å². The van der Waals surface area contributed by atoms with Crippen LogP contribution in [0, 0.1) is 0 Å². The zero-order chi connectivity index (χ0) is 21.7. The summed E-state index contributed by atoms with van der Waals surface area (Å²) in [7, 11) is 5.76. The molecule has 5 nitrogen and oxygen atoms in total. The fraction of sp³-hybridized carbons (Fsp3) is 0.217. The molecule has 158 valence electrons. The molecule has 0 amide bonds. The first-order valence-corrected chi connectivity index (χ1v) is 12.4. The van der Waals surface area contributed by atoms with E-state index in [1.54, 1.807) is 41.5 Å².